The highest BCUT2D eigenvalue weighted by Gasteiger charge is 2.28. The van der Waals surface area contributed by atoms with Crippen LogP contribution in [-0.2, 0) is 0 Å². The van der Waals surface area contributed by atoms with Crippen molar-refractivity contribution < 1.29 is 5.11 Å². The molecule has 1 saturated carbocycles. The van der Waals surface area contributed by atoms with Gasteiger partial charge in [-0.2, -0.15) is 0 Å². The third-order valence-electron chi connectivity index (χ3n) is 7.87. The van der Waals surface area contributed by atoms with Crippen molar-refractivity contribution in [3.8, 4) is 10.4 Å². The van der Waals surface area contributed by atoms with Gasteiger partial charge in [0.2, 0.25) is 0 Å². The van der Waals surface area contributed by atoms with Crippen LogP contribution in [0.4, 0.5) is 5.00 Å². The van der Waals surface area contributed by atoms with Gasteiger partial charge >= 0.3 is 0 Å². The second-order valence-corrected chi connectivity index (χ2v) is 10.9. The lowest BCUT2D eigenvalue weighted by molar-refractivity contribution is 0.239. The molecule has 7 nitrogen and oxygen atoms in total. The predicted molar refractivity (Wildman–Crippen MR) is 138 cm³/mol. The normalized spacial score (nSPS) is 23.4. The molecule has 2 fully saturated rings. The van der Waals surface area contributed by atoms with E-state index in [9.17, 15) is 9.90 Å². The van der Waals surface area contributed by atoms with Gasteiger partial charge in [-0.15, -0.1) is 11.3 Å². The molecule has 6 rings (SSSR count). The summed E-state index contributed by atoms with van der Waals surface area (Å²) in [6, 6.07) is 7.01. The maximum Gasteiger partial charge on any atom is 0.261 e. The Hall–Kier alpha value is -2.71. The summed E-state index contributed by atoms with van der Waals surface area (Å²) in [6.45, 7) is 4.10. The minimum atomic E-state index is -0.108. The maximum atomic E-state index is 12.8. The molecule has 178 valence electrons. The highest BCUT2D eigenvalue weighted by Crippen LogP contribution is 2.44. The highest BCUT2D eigenvalue weighted by atomic mass is 32.1. The number of H-pyrrole nitrogens is 1. The molecule has 3 aromatic heterocycles. The van der Waals surface area contributed by atoms with E-state index in [0.29, 0.717) is 11.4 Å². The number of benzene rings is 1. The largest absolute Gasteiger partial charge is 0.396 e. The molecule has 0 radical (unpaired) electrons. The van der Waals surface area contributed by atoms with E-state index in [4.69, 9.17) is 4.98 Å². The third-order valence-corrected chi connectivity index (χ3v) is 9.16. The van der Waals surface area contributed by atoms with Crippen LogP contribution in [0.1, 0.15) is 51.5 Å². The van der Waals surface area contributed by atoms with E-state index in [1.54, 1.807) is 11.3 Å². The van der Waals surface area contributed by atoms with Crippen molar-refractivity contribution in [2.45, 2.75) is 51.5 Å². The molecule has 4 heterocycles. The summed E-state index contributed by atoms with van der Waals surface area (Å²) in [7, 11) is 0. The van der Waals surface area contributed by atoms with Crippen molar-refractivity contribution in [1.29, 1.82) is 0 Å². The van der Waals surface area contributed by atoms with E-state index in [0.717, 1.165) is 51.9 Å². The number of thiophene rings is 1. The number of anilines is 1. The zero-order valence-corrected chi connectivity index (χ0v) is 20.4. The Morgan fingerprint density at radius 2 is 2.12 bits per heavy atom. The van der Waals surface area contributed by atoms with Gasteiger partial charge in [-0.05, 0) is 42.9 Å². The average Bonchev–Trinajstić information content (AvgIpc) is 3.60. The maximum absolute atomic E-state index is 12.8. The Bertz CT molecular complexity index is 1390. The van der Waals surface area contributed by atoms with E-state index in [-0.39, 0.29) is 18.1 Å². The van der Waals surface area contributed by atoms with Gasteiger partial charge in [0.05, 0.1) is 34.1 Å². The molecule has 3 atom stereocenters. The van der Waals surface area contributed by atoms with Gasteiger partial charge in [-0.1, -0.05) is 32.3 Å². The Kier molecular flexibility index (Phi) is 5.65. The Morgan fingerprint density at radius 1 is 1.21 bits per heavy atom. The van der Waals surface area contributed by atoms with Crippen LogP contribution >= 0.6 is 11.3 Å². The quantitative estimate of drug-likeness (QED) is 0.424. The van der Waals surface area contributed by atoms with E-state index < -0.39 is 0 Å². The molecular weight excluding hydrogens is 446 g/mol. The van der Waals surface area contributed by atoms with Crippen LogP contribution in [0.25, 0.3) is 32.4 Å². The van der Waals surface area contributed by atoms with Crippen molar-refractivity contribution in [3.05, 3.63) is 41.2 Å². The fourth-order valence-corrected chi connectivity index (χ4v) is 7.18. The van der Waals surface area contributed by atoms with Crippen LogP contribution in [0.2, 0.25) is 0 Å². The molecule has 8 heteroatoms. The molecule has 0 spiro atoms. The fourth-order valence-electron chi connectivity index (χ4n) is 5.90. The number of aliphatic hydroxyl groups is 1. The number of hydrogen-bond donors (Lipinski definition) is 2. The minimum absolute atomic E-state index is 0.108. The summed E-state index contributed by atoms with van der Waals surface area (Å²) in [6.07, 6.45) is 10.8. The minimum Gasteiger partial charge on any atom is -0.396 e. The van der Waals surface area contributed by atoms with Gasteiger partial charge in [0, 0.05) is 31.7 Å². The van der Waals surface area contributed by atoms with E-state index in [1.807, 2.05) is 6.33 Å². The number of hydrogen-bond acceptors (Lipinski definition) is 6. The number of imidazole rings is 1. The van der Waals surface area contributed by atoms with Crippen LogP contribution in [0.15, 0.2) is 35.6 Å². The summed E-state index contributed by atoms with van der Waals surface area (Å²) in [5.41, 5.74) is 3.86. The highest BCUT2D eigenvalue weighted by molar-refractivity contribution is 7.21. The van der Waals surface area contributed by atoms with Crippen LogP contribution in [-0.4, -0.2) is 44.3 Å². The van der Waals surface area contributed by atoms with Crippen LogP contribution < -0.4 is 10.5 Å². The number of nitrogens with zero attached hydrogens (tertiary/aromatic N) is 4. The first-order valence-corrected chi connectivity index (χ1v) is 13.3. The van der Waals surface area contributed by atoms with Gasteiger partial charge in [0.15, 0.2) is 0 Å². The first-order valence-electron chi connectivity index (χ1n) is 12.5. The lowest BCUT2D eigenvalue weighted by Crippen LogP contribution is -2.21. The molecular formula is C26H31N5O2S. The molecule has 0 unspecified atom stereocenters. The number of nitrogens with one attached hydrogen (secondary N) is 1. The summed E-state index contributed by atoms with van der Waals surface area (Å²) in [5.74, 6) is 1.07. The van der Waals surface area contributed by atoms with Gasteiger partial charge in [-0.3, -0.25) is 4.79 Å². The molecule has 4 aromatic rings. The lowest BCUT2D eigenvalue weighted by atomic mass is 9.84. The van der Waals surface area contributed by atoms with E-state index in [1.165, 1.54) is 43.9 Å². The molecule has 0 bridgehead atoms. The predicted octanol–water partition coefficient (Wildman–Crippen LogP) is 4.96. The molecule has 1 aromatic carbocycles. The smallest absolute Gasteiger partial charge is 0.261 e. The number of aliphatic hydroxyl groups excluding tert-OH is 1. The summed E-state index contributed by atoms with van der Waals surface area (Å²) < 4.78 is 2.38. The van der Waals surface area contributed by atoms with E-state index in [2.05, 4.69) is 44.6 Å². The number of aromatic amines is 1. The molecule has 1 aliphatic heterocycles. The summed E-state index contributed by atoms with van der Waals surface area (Å²) in [5, 5.41) is 11.2. The Morgan fingerprint density at radius 3 is 2.94 bits per heavy atom. The van der Waals surface area contributed by atoms with Crippen molar-refractivity contribution in [1.82, 2.24) is 19.5 Å². The fraction of sp³-hybridized carbons (Fsp3) is 0.500. The second kappa shape index (κ2) is 8.82. The molecule has 2 aliphatic rings. The van der Waals surface area contributed by atoms with Crippen molar-refractivity contribution in [3.63, 3.8) is 0 Å². The van der Waals surface area contributed by atoms with Gasteiger partial charge in [0.1, 0.15) is 10.4 Å². The van der Waals surface area contributed by atoms with Crippen molar-refractivity contribution >= 4 is 38.3 Å². The molecule has 34 heavy (non-hydrogen) atoms. The van der Waals surface area contributed by atoms with Crippen LogP contribution in [0.5, 0.6) is 0 Å². The molecule has 1 saturated heterocycles. The van der Waals surface area contributed by atoms with Gasteiger partial charge < -0.3 is 19.6 Å². The number of aromatic nitrogens is 4. The zero-order valence-electron chi connectivity index (χ0n) is 19.5. The van der Waals surface area contributed by atoms with Gasteiger partial charge in [0.25, 0.3) is 5.56 Å². The van der Waals surface area contributed by atoms with Crippen molar-refractivity contribution in [2.24, 2.45) is 11.8 Å². The van der Waals surface area contributed by atoms with Crippen LogP contribution in [0, 0.1) is 11.8 Å². The summed E-state index contributed by atoms with van der Waals surface area (Å²) >= 11 is 1.62. The number of rotatable bonds is 5. The van der Waals surface area contributed by atoms with Gasteiger partial charge in [-0.25, -0.2) is 9.97 Å². The lowest BCUT2D eigenvalue weighted by Gasteiger charge is -2.29. The SMILES string of the molecule is CC[C@H]1CCC[C@H](n2cnc3cc(-c4sc(N5CC[C@H](CO)C5)c5c(=O)[nH]cnc45)ccc32)C1. The first-order chi connectivity index (χ1) is 16.7. The molecule has 2 N–H and O–H groups in total. The van der Waals surface area contributed by atoms with Crippen LogP contribution in [0.3, 0.4) is 0 Å². The monoisotopic (exact) mass is 477 g/mol. The Labute approximate surface area is 202 Å². The zero-order chi connectivity index (χ0) is 23.2. The third kappa shape index (κ3) is 3.64. The molecule has 0 amide bonds. The summed E-state index contributed by atoms with van der Waals surface area (Å²) in [4.78, 5) is 28.2. The topological polar surface area (TPSA) is 87.0 Å². The molecule has 1 aliphatic carbocycles. The Balaban J connectivity index is 1.40. The second-order valence-electron chi connectivity index (χ2n) is 9.92. The standard InChI is InChI=1S/C26H31N5O2S/c1-2-16-4-3-5-19(10-16)31-15-29-20-11-18(6-7-21(20)31)24-23-22(25(33)28-14-27-23)26(34-24)30-9-8-17(12-30)13-32/h6-7,11,14-17,19,32H,2-5,8-10,12-13H2,1H3,(H,27,28,33)/t16-,17-,19-/m0/s1. The van der Waals surface area contributed by atoms with E-state index >= 15 is 0 Å². The number of fused-ring (bicyclic) bond motifs is 2. The van der Waals surface area contributed by atoms with Crippen molar-refractivity contribution in [2.75, 3.05) is 24.6 Å². The average molecular weight is 478 g/mol. The first kappa shape index (κ1) is 21.8.